The monoisotopic (exact) mass is 233 g/mol. The number of hydrogen-bond acceptors (Lipinski definition) is 3. The molecule has 0 heterocycles. The maximum absolute atomic E-state index is 11.1. The van der Waals surface area contributed by atoms with Gasteiger partial charge < -0.3 is 0 Å². The number of hydrogen-bond donors (Lipinski definition) is 1. The summed E-state index contributed by atoms with van der Waals surface area (Å²) in [5.41, 5.74) is 0.951. The van der Waals surface area contributed by atoms with E-state index >= 15 is 0 Å². The highest BCUT2D eigenvalue weighted by molar-refractivity contribution is 7.90. The lowest BCUT2D eigenvalue weighted by Gasteiger charge is -2.08. The van der Waals surface area contributed by atoms with Crippen molar-refractivity contribution in [2.75, 3.05) is 6.26 Å². The first-order valence-corrected chi connectivity index (χ1v) is 6.38. The topological polar surface area (TPSA) is 46.2 Å². The highest BCUT2D eigenvalue weighted by Crippen LogP contribution is 2.16. The van der Waals surface area contributed by atoms with Crippen LogP contribution in [0.3, 0.4) is 0 Å². The third-order valence-corrected chi connectivity index (χ3v) is 3.43. The fraction of sp³-hybridized carbons (Fsp3) is 0.333. The molecule has 0 bridgehead atoms. The smallest absolute Gasteiger partial charge is 0.175 e. The Morgan fingerprint density at radius 3 is 2.14 bits per heavy atom. The molecule has 1 unspecified atom stereocenters. The molecule has 0 radical (unpaired) electrons. The van der Waals surface area contributed by atoms with E-state index in [0.29, 0.717) is 4.90 Å². The maximum atomic E-state index is 11.1. The van der Waals surface area contributed by atoms with E-state index in [1.165, 1.54) is 6.26 Å². The molecule has 0 saturated carbocycles. The first-order chi connectivity index (χ1) is 6.45. The molecule has 0 aliphatic carbocycles. The lowest BCUT2D eigenvalue weighted by molar-refractivity contribution is 0.601. The molecule has 1 N–H and O–H groups in total. The first kappa shape index (κ1) is 11.5. The fourth-order valence-corrected chi connectivity index (χ4v) is 1.82. The van der Waals surface area contributed by atoms with Crippen molar-refractivity contribution in [1.29, 1.82) is 0 Å². The molecule has 0 aliphatic heterocycles. The molecule has 1 atom stereocenters. The van der Waals surface area contributed by atoms with E-state index in [4.69, 9.17) is 11.8 Å². The highest BCUT2D eigenvalue weighted by Gasteiger charge is 2.08. The second kappa shape index (κ2) is 4.29. The zero-order valence-corrected chi connectivity index (χ0v) is 9.56. The quantitative estimate of drug-likeness (QED) is 0.812. The summed E-state index contributed by atoms with van der Waals surface area (Å²) in [5, 5.41) is 0. The average molecular weight is 234 g/mol. The Bertz CT molecular complexity index is 399. The number of benzene rings is 1. The van der Waals surface area contributed by atoms with E-state index in [1.54, 1.807) is 24.3 Å². The van der Waals surface area contributed by atoms with Gasteiger partial charge in [-0.25, -0.2) is 13.3 Å². The van der Waals surface area contributed by atoms with Gasteiger partial charge in [-0.2, -0.15) is 0 Å². The molecule has 0 fully saturated rings. The van der Waals surface area contributed by atoms with Gasteiger partial charge in [0.05, 0.1) is 4.90 Å². The van der Waals surface area contributed by atoms with Crippen LogP contribution in [0.1, 0.15) is 18.5 Å². The van der Waals surface area contributed by atoms with Crippen LogP contribution >= 0.6 is 11.8 Å². The van der Waals surface area contributed by atoms with Crippen molar-refractivity contribution in [2.24, 2.45) is 0 Å². The van der Waals surface area contributed by atoms with E-state index in [1.807, 2.05) is 6.92 Å². The number of halogens is 1. The summed E-state index contributed by atoms with van der Waals surface area (Å²) in [4.78, 5) is 2.88. The van der Waals surface area contributed by atoms with E-state index in [2.05, 4.69) is 4.84 Å². The Morgan fingerprint density at radius 2 is 1.79 bits per heavy atom. The fourth-order valence-electron chi connectivity index (χ4n) is 1.07. The van der Waals surface area contributed by atoms with Crippen LogP contribution < -0.4 is 4.84 Å². The second-order valence-electron chi connectivity index (χ2n) is 3.17. The largest absolute Gasteiger partial charge is 0.226 e. The van der Waals surface area contributed by atoms with Crippen molar-refractivity contribution in [1.82, 2.24) is 4.84 Å². The lowest BCUT2D eigenvalue weighted by Crippen LogP contribution is -2.06. The summed E-state index contributed by atoms with van der Waals surface area (Å²) in [6.45, 7) is 1.89. The summed E-state index contributed by atoms with van der Waals surface area (Å²) < 4.78 is 22.3. The Morgan fingerprint density at radius 1 is 1.29 bits per heavy atom. The maximum Gasteiger partial charge on any atom is 0.175 e. The molecule has 0 saturated heterocycles. The van der Waals surface area contributed by atoms with Gasteiger partial charge in [0, 0.05) is 12.3 Å². The van der Waals surface area contributed by atoms with Gasteiger partial charge in [0.1, 0.15) is 0 Å². The molecular weight excluding hydrogens is 222 g/mol. The van der Waals surface area contributed by atoms with Crippen LogP contribution in [-0.4, -0.2) is 14.7 Å². The first-order valence-electron chi connectivity index (χ1n) is 4.11. The summed E-state index contributed by atoms with van der Waals surface area (Å²) in [6.07, 6.45) is 1.19. The Hall–Kier alpha value is -0.580. The van der Waals surface area contributed by atoms with Gasteiger partial charge in [-0.3, -0.25) is 0 Å². The van der Waals surface area contributed by atoms with Gasteiger partial charge in [0.25, 0.3) is 0 Å². The predicted octanol–water partition coefficient (Wildman–Crippen LogP) is 1.89. The molecule has 5 heteroatoms. The zero-order chi connectivity index (χ0) is 10.8. The van der Waals surface area contributed by atoms with Crippen molar-refractivity contribution in [3.05, 3.63) is 29.8 Å². The van der Waals surface area contributed by atoms with Gasteiger partial charge in [-0.15, -0.1) is 0 Å². The Kier molecular flexibility index (Phi) is 3.53. The number of rotatable bonds is 3. The van der Waals surface area contributed by atoms with Gasteiger partial charge >= 0.3 is 0 Å². The zero-order valence-electron chi connectivity index (χ0n) is 7.99. The van der Waals surface area contributed by atoms with Crippen LogP contribution in [0.4, 0.5) is 0 Å². The van der Waals surface area contributed by atoms with Crippen LogP contribution in [0.5, 0.6) is 0 Å². The SMILES string of the molecule is CC(NCl)c1ccc(S(C)(=O)=O)cc1. The third-order valence-electron chi connectivity index (χ3n) is 1.97. The van der Waals surface area contributed by atoms with Crippen LogP contribution in [0.15, 0.2) is 29.2 Å². The minimum Gasteiger partial charge on any atom is -0.226 e. The van der Waals surface area contributed by atoms with E-state index in [-0.39, 0.29) is 6.04 Å². The minimum absolute atomic E-state index is 0.00489. The number of sulfone groups is 1. The van der Waals surface area contributed by atoms with E-state index < -0.39 is 9.84 Å². The molecule has 78 valence electrons. The van der Waals surface area contributed by atoms with Gasteiger partial charge in [-0.05, 0) is 36.4 Å². The summed E-state index contributed by atoms with van der Waals surface area (Å²) in [6, 6.07) is 6.66. The van der Waals surface area contributed by atoms with Crippen molar-refractivity contribution < 1.29 is 8.42 Å². The van der Waals surface area contributed by atoms with Crippen molar-refractivity contribution in [3.8, 4) is 0 Å². The molecule has 14 heavy (non-hydrogen) atoms. The minimum atomic E-state index is -3.11. The highest BCUT2D eigenvalue weighted by atomic mass is 35.5. The molecular formula is C9H12ClNO2S. The van der Waals surface area contributed by atoms with Crippen LogP contribution in [-0.2, 0) is 9.84 Å². The lowest BCUT2D eigenvalue weighted by atomic mass is 10.1. The van der Waals surface area contributed by atoms with Crippen molar-refractivity contribution >= 4 is 21.6 Å². The van der Waals surface area contributed by atoms with Crippen molar-refractivity contribution in [2.45, 2.75) is 17.9 Å². The molecule has 0 amide bonds. The molecule has 1 rings (SSSR count). The summed E-state index contributed by atoms with van der Waals surface area (Å²) in [7, 11) is -3.11. The summed E-state index contributed by atoms with van der Waals surface area (Å²) >= 11 is 5.45. The van der Waals surface area contributed by atoms with Gasteiger partial charge in [0.15, 0.2) is 9.84 Å². The Labute approximate surface area is 89.1 Å². The van der Waals surface area contributed by atoms with Gasteiger partial charge in [0.2, 0.25) is 0 Å². The van der Waals surface area contributed by atoms with E-state index in [0.717, 1.165) is 5.56 Å². The van der Waals surface area contributed by atoms with Crippen LogP contribution in [0.25, 0.3) is 0 Å². The predicted molar refractivity (Wildman–Crippen MR) is 57.0 cm³/mol. The van der Waals surface area contributed by atoms with Gasteiger partial charge in [-0.1, -0.05) is 12.1 Å². The third kappa shape index (κ3) is 2.70. The molecule has 1 aromatic carbocycles. The normalized spacial score (nSPS) is 13.9. The van der Waals surface area contributed by atoms with Crippen LogP contribution in [0, 0.1) is 0 Å². The molecule has 0 aliphatic rings. The van der Waals surface area contributed by atoms with E-state index in [9.17, 15) is 8.42 Å². The number of nitrogens with one attached hydrogen (secondary N) is 1. The molecule has 1 aromatic rings. The van der Waals surface area contributed by atoms with Crippen LogP contribution in [0.2, 0.25) is 0 Å². The second-order valence-corrected chi connectivity index (χ2v) is 5.41. The molecule has 3 nitrogen and oxygen atoms in total. The Balaban J connectivity index is 3.01. The molecule has 0 aromatic heterocycles. The van der Waals surface area contributed by atoms with Crippen molar-refractivity contribution in [3.63, 3.8) is 0 Å². The summed E-state index contributed by atoms with van der Waals surface area (Å²) in [5.74, 6) is 0. The molecule has 0 spiro atoms. The standard InChI is InChI=1S/C9H12ClNO2S/c1-7(11-10)8-3-5-9(6-4-8)14(2,12)13/h3-7,11H,1-2H3. The average Bonchev–Trinajstić information content (AvgIpc) is 2.15.